The minimum Gasteiger partial charge on any atom is -0.355 e. The Bertz CT molecular complexity index is 1010. The molecule has 0 radical (unpaired) electrons. The lowest BCUT2D eigenvalue weighted by molar-refractivity contribution is -0.120. The second-order valence-electron chi connectivity index (χ2n) is 7.57. The minimum atomic E-state index is 0.0263. The van der Waals surface area contributed by atoms with Crippen LogP contribution in [-0.2, 0) is 4.79 Å². The van der Waals surface area contributed by atoms with E-state index in [9.17, 15) is 4.79 Å². The molecule has 1 amide bonds. The molecule has 1 N–H and O–H groups in total. The predicted molar refractivity (Wildman–Crippen MR) is 124 cm³/mol. The number of hydrogen-bond acceptors (Lipinski definition) is 5. The zero-order valence-electron chi connectivity index (χ0n) is 17.3. The van der Waals surface area contributed by atoms with Crippen molar-refractivity contribution in [2.24, 2.45) is 5.92 Å². The van der Waals surface area contributed by atoms with Crippen LogP contribution in [0.25, 0.3) is 11.3 Å². The van der Waals surface area contributed by atoms with Crippen molar-refractivity contribution < 1.29 is 4.79 Å². The van der Waals surface area contributed by atoms with Crippen molar-refractivity contribution in [1.29, 1.82) is 0 Å². The van der Waals surface area contributed by atoms with Crippen molar-refractivity contribution in [3.05, 3.63) is 66.2 Å². The van der Waals surface area contributed by atoms with Gasteiger partial charge in [-0.25, -0.2) is 0 Å². The van der Waals surface area contributed by atoms with Gasteiger partial charge in [0.1, 0.15) is 0 Å². The molecule has 0 bridgehead atoms. The maximum absolute atomic E-state index is 12.7. The highest BCUT2D eigenvalue weighted by molar-refractivity contribution is 7.98. The Morgan fingerprint density at radius 2 is 1.83 bits per heavy atom. The molecule has 1 saturated heterocycles. The van der Waals surface area contributed by atoms with Gasteiger partial charge < -0.3 is 10.2 Å². The molecule has 1 aliphatic rings. The van der Waals surface area contributed by atoms with Crippen LogP contribution in [0.1, 0.15) is 18.4 Å². The fraction of sp³-hybridized carbons (Fsp3) is 0.292. The van der Waals surface area contributed by atoms with Crippen molar-refractivity contribution in [2.45, 2.75) is 24.7 Å². The summed E-state index contributed by atoms with van der Waals surface area (Å²) in [7, 11) is 0. The Morgan fingerprint density at radius 1 is 1.03 bits per heavy atom. The smallest absolute Gasteiger partial charge is 0.227 e. The quantitative estimate of drug-likeness (QED) is 0.589. The van der Waals surface area contributed by atoms with Gasteiger partial charge >= 0.3 is 0 Å². The number of carbonyl (C=O) groups excluding carboxylic acids is 1. The molecule has 5 nitrogen and oxygen atoms in total. The predicted octanol–water partition coefficient (Wildman–Crippen LogP) is 5.03. The number of thioether (sulfide) groups is 1. The summed E-state index contributed by atoms with van der Waals surface area (Å²) in [5, 5.41) is 12.0. The van der Waals surface area contributed by atoms with Gasteiger partial charge in [-0.3, -0.25) is 4.79 Å². The number of aryl methyl sites for hydroxylation is 1. The highest BCUT2D eigenvalue weighted by atomic mass is 32.2. The number of nitrogens with one attached hydrogen (secondary N) is 1. The summed E-state index contributed by atoms with van der Waals surface area (Å²) in [4.78, 5) is 16.0. The van der Waals surface area contributed by atoms with Crippen LogP contribution in [0.4, 0.5) is 11.5 Å². The molecule has 4 rings (SSSR count). The molecule has 30 heavy (non-hydrogen) atoms. The number of aromatic nitrogens is 2. The summed E-state index contributed by atoms with van der Waals surface area (Å²) in [6, 6.07) is 20.2. The maximum Gasteiger partial charge on any atom is 0.227 e. The Hall–Kier alpha value is -2.86. The Balaban J connectivity index is 1.35. The van der Waals surface area contributed by atoms with Gasteiger partial charge in [0.05, 0.1) is 5.69 Å². The monoisotopic (exact) mass is 418 g/mol. The molecular formula is C24H26N4OS. The van der Waals surface area contributed by atoms with Crippen LogP contribution in [0.5, 0.6) is 0 Å². The number of benzene rings is 2. The molecule has 1 aliphatic heterocycles. The lowest BCUT2D eigenvalue weighted by Gasteiger charge is -2.31. The third kappa shape index (κ3) is 4.65. The third-order valence-electron chi connectivity index (χ3n) is 5.60. The number of piperidine rings is 1. The minimum absolute atomic E-state index is 0.0263. The number of amides is 1. The third-order valence-corrected chi connectivity index (χ3v) is 6.32. The van der Waals surface area contributed by atoms with Crippen LogP contribution in [0, 0.1) is 12.8 Å². The van der Waals surface area contributed by atoms with Gasteiger partial charge in [-0.05, 0) is 61.9 Å². The van der Waals surface area contributed by atoms with E-state index in [4.69, 9.17) is 0 Å². The van der Waals surface area contributed by atoms with Gasteiger partial charge in [0.2, 0.25) is 5.91 Å². The van der Waals surface area contributed by atoms with Gasteiger partial charge in [0.25, 0.3) is 0 Å². The van der Waals surface area contributed by atoms with E-state index in [1.54, 1.807) is 11.8 Å². The molecule has 1 aromatic heterocycles. The second-order valence-corrected chi connectivity index (χ2v) is 8.45. The fourth-order valence-corrected chi connectivity index (χ4v) is 4.27. The molecule has 1 fully saturated rings. The number of nitrogens with zero attached hydrogens (tertiary/aromatic N) is 3. The molecule has 2 aromatic carbocycles. The highest BCUT2D eigenvalue weighted by Gasteiger charge is 2.26. The van der Waals surface area contributed by atoms with E-state index in [-0.39, 0.29) is 11.8 Å². The molecule has 2 heterocycles. The van der Waals surface area contributed by atoms with E-state index in [1.165, 1.54) is 5.56 Å². The summed E-state index contributed by atoms with van der Waals surface area (Å²) in [6.45, 7) is 3.70. The van der Waals surface area contributed by atoms with Crippen LogP contribution in [0.2, 0.25) is 0 Å². The zero-order chi connectivity index (χ0) is 20.9. The van der Waals surface area contributed by atoms with E-state index in [0.717, 1.165) is 53.6 Å². The number of hydrogen-bond donors (Lipinski definition) is 1. The van der Waals surface area contributed by atoms with E-state index in [1.807, 2.05) is 54.8 Å². The molecule has 6 heteroatoms. The van der Waals surface area contributed by atoms with Gasteiger partial charge in [0, 0.05) is 35.2 Å². The molecule has 0 aliphatic carbocycles. The summed E-state index contributed by atoms with van der Waals surface area (Å²) in [6.07, 6.45) is 3.66. The standard InChI is InChI=1S/C24H26N4OS/c1-17-6-3-4-9-21(17)22-10-11-23(27-26-22)28-14-12-18(13-15-28)24(29)25-19-7-5-8-20(16-19)30-2/h3-11,16,18H,12-15H2,1-2H3,(H,25,29). The second kappa shape index (κ2) is 9.30. The largest absolute Gasteiger partial charge is 0.355 e. The lowest BCUT2D eigenvalue weighted by Crippen LogP contribution is -2.38. The van der Waals surface area contributed by atoms with Crippen molar-refractivity contribution in [3.8, 4) is 11.3 Å². The van der Waals surface area contributed by atoms with Crippen LogP contribution in [-0.4, -0.2) is 35.4 Å². The van der Waals surface area contributed by atoms with Crippen molar-refractivity contribution in [3.63, 3.8) is 0 Å². The maximum atomic E-state index is 12.7. The van der Waals surface area contributed by atoms with E-state index in [2.05, 4.69) is 39.5 Å². The number of carbonyl (C=O) groups is 1. The molecule has 0 atom stereocenters. The fourth-order valence-electron chi connectivity index (χ4n) is 3.81. The Labute approximate surface area is 181 Å². The average Bonchev–Trinajstić information content (AvgIpc) is 2.80. The molecule has 0 unspecified atom stereocenters. The van der Waals surface area contributed by atoms with E-state index in [0.29, 0.717) is 0 Å². The molecule has 0 spiro atoms. The first-order valence-corrected chi connectivity index (χ1v) is 11.5. The normalized spacial score (nSPS) is 14.5. The van der Waals surface area contributed by atoms with Crippen LogP contribution in [0.3, 0.4) is 0 Å². The summed E-state index contributed by atoms with van der Waals surface area (Å²) in [5.74, 6) is 1.01. The van der Waals surface area contributed by atoms with Crippen LogP contribution >= 0.6 is 11.8 Å². The molecule has 3 aromatic rings. The molecule has 154 valence electrons. The van der Waals surface area contributed by atoms with Gasteiger partial charge in [-0.15, -0.1) is 22.0 Å². The first-order valence-electron chi connectivity index (χ1n) is 10.2. The number of anilines is 2. The van der Waals surface area contributed by atoms with Gasteiger partial charge in [-0.1, -0.05) is 30.3 Å². The van der Waals surface area contributed by atoms with E-state index < -0.39 is 0 Å². The first kappa shape index (κ1) is 20.4. The first-order chi connectivity index (χ1) is 14.6. The van der Waals surface area contributed by atoms with Crippen LogP contribution in [0.15, 0.2) is 65.6 Å². The molecule has 0 saturated carbocycles. The highest BCUT2D eigenvalue weighted by Crippen LogP contribution is 2.26. The Morgan fingerprint density at radius 3 is 2.53 bits per heavy atom. The van der Waals surface area contributed by atoms with Crippen molar-refractivity contribution >= 4 is 29.2 Å². The average molecular weight is 419 g/mol. The lowest BCUT2D eigenvalue weighted by atomic mass is 9.95. The van der Waals surface area contributed by atoms with Gasteiger partial charge in [-0.2, -0.15) is 0 Å². The zero-order valence-corrected chi connectivity index (χ0v) is 18.2. The summed E-state index contributed by atoms with van der Waals surface area (Å²) in [5.41, 5.74) is 4.05. The van der Waals surface area contributed by atoms with Gasteiger partial charge in [0.15, 0.2) is 5.82 Å². The van der Waals surface area contributed by atoms with Crippen LogP contribution < -0.4 is 10.2 Å². The summed E-state index contributed by atoms with van der Waals surface area (Å²) >= 11 is 1.67. The topological polar surface area (TPSA) is 58.1 Å². The molecular weight excluding hydrogens is 392 g/mol. The van der Waals surface area contributed by atoms with Crippen molar-refractivity contribution in [2.75, 3.05) is 29.6 Å². The number of rotatable bonds is 5. The summed E-state index contributed by atoms with van der Waals surface area (Å²) < 4.78 is 0. The SMILES string of the molecule is CSc1cccc(NC(=O)C2CCN(c3ccc(-c4ccccc4C)nn3)CC2)c1. The Kier molecular flexibility index (Phi) is 6.33. The van der Waals surface area contributed by atoms with E-state index >= 15 is 0 Å². The van der Waals surface area contributed by atoms with Crippen molar-refractivity contribution in [1.82, 2.24) is 10.2 Å².